The van der Waals surface area contributed by atoms with E-state index >= 15 is 0 Å². The van der Waals surface area contributed by atoms with Gasteiger partial charge in [0.2, 0.25) is 0 Å². The first-order chi connectivity index (χ1) is 11.2. The van der Waals surface area contributed by atoms with Crippen LogP contribution in [0.3, 0.4) is 0 Å². The van der Waals surface area contributed by atoms with Gasteiger partial charge in [-0.25, -0.2) is 4.98 Å². The Balaban J connectivity index is 1.77. The van der Waals surface area contributed by atoms with Crippen molar-refractivity contribution in [3.8, 4) is 0 Å². The molecule has 2 aromatic rings. The molecule has 1 atom stereocenters. The van der Waals surface area contributed by atoms with Crippen molar-refractivity contribution < 1.29 is 4.74 Å². The smallest absolute Gasteiger partial charge is 0.147 e. The molecule has 6 nitrogen and oxygen atoms in total. The number of hydrogen-bond donors (Lipinski definition) is 1. The molecule has 0 aromatic carbocycles. The molecule has 23 heavy (non-hydrogen) atoms. The van der Waals surface area contributed by atoms with Gasteiger partial charge in [-0.3, -0.25) is 14.9 Å². The second kappa shape index (κ2) is 7.48. The van der Waals surface area contributed by atoms with Gasteiger partial charge in [-0.2, -0.15) is 0 Å². The van der Waals surface area contributed by atoms with Crippen LogP contribution < -0.4 is 5.32 Å². The van der Waals surface area contributed by atoms with Crippen molar-refractivity contribution >= 4 is 5.82 Å². The van der Waals surface area contributed by atoms with E-state index in [1.54, 1.807) is 6.20 Å². The Morgan fingerprint density at radius 1 is 1.26 bits per heavy atom. The molecule has 0 amide bonds. The zero-order valence-corrected chi connectivity index (χ0v) is 13.7. The van der Waals surface area contributed by atoms with Crippen LogP contribution in [0.4, 0.5) is 5.82 Å². The Hall–Kier alpha value is -2.05. The Morgan fingerprint density at radius 3 is 2.83 bits per heavy atom. The molecule has 0 spiro atoms. The fraction of sp³-hybridized carbons (Fsp3) is 0.471. The molecule has 1 aliphatic heterocycles. The minimum atomic E-state index is 0.245. The van der Waals surface area contributed by atoms with E-state index in [1.807, 2.05) is 32.3 Å². The summed E-state index contributed by atoms with van der Waals surface area (Å²) in [6.07, 6.45) is 5.54. The monoisotopic (exact) mass is 313 g/mol. The molecule has 1 aliphatic rings. The SMILES string of the molecule is Cc1cnc(C)c(NCC(c2cccnc2)N2CCOCC2)n1. The summed E-state index contributed by atoms with van der Waals surface area (Å²) in [5.41, 5.74) is 3.05. The van der Waals surface area contributed by atoms with Gasteiger partial charge in [0.15, 0.2) is 0 Å². The maximum atomic E-state index is 5.48. The van der Waals surface area contributed by atoms with E-state index in [1.165, 1.54) is 5.56 Å². The van der Waals surface area contributed by atoms with Crippen molar-refractivity contribution in [2.75, 3.05) is 38.2 Å². The molecule has 0 radical (unpaired) electrons. The number of pyridine rings is 1. The Kier molecular flexibility index (Phi) is 5.15. The van der Waals surface area contributed by atoms with E-state index in [4.69, 9.17) is 4.74 Å². The summed E-state index contributed by atoms with van der Waals surface area (Å²) in [6, 6.07) is 4.36. The van der Waals surface area contributed by atoms with Crippen LogP contribution in [0.1, 0.15) is 23.0 Å². The molecule has 1 N–H and O–H groups in total. The van der Waals surface area contributed by atoms with Crippen molar-refractivity contribution in [2.24, 2.45) is 0 Å². The molecular weight excluding hydrogens is 290 g/mol. The zero-order valence-electron chi connectivity index (χ0n) is 13.7. The molecule has 1 fully saturated rings. The average molecular weight is 313 g/mol. The van der Waals surface area contributed by atoms with Crippen LogP contribution in [0, 0.1) is 13.8 Å². The summed E-state index contributed by atoms with van der Waals surface area (Å²) in [4.78, 5) is 15.6. The van der Waals surface area contributed by atoms with Crippen molar-refractivity contribution in [1.29, 1.82) is 0 Å². The van der Waals surface area contributed by atoms with Crippen molar-refractivity contribution in [1.82, 2.24) is 19.9 Å². The van der Waals surface area contributed by atoms with Gasteiger partial charge in [-0.05, 0) is 25.5 Å². The van der Waals surface area contributed by atoms with Crippen LogP contribution in [-0.4, -0.2) is 52.7 Å². The van der Waals surface area contributed by atoms with Gasteiger partial charge >= 0.3 is 0 Å². The quantitative estimate of drug-likeness (QED) is 0.910. The predicted molar refractivity (Wildman–Crippen MR) is 89.4 cm³/mol. The van der Waals surface area contributed by atoms with Crippen LogP contribution in [0.5, 0.6) is 0 Å². The van der Waals surface area contributed by atoms with Crippen LogP contribution in [0.15, 0.2) is 30.7 Å². The number of nitrogens with one attached hydrogen (secondary N) is 1. The maximum Gasteiger partial charge on any atom is 0.147 e. The summed E-state index contributed by atoms with van der Waals surface area (Å²) >= 11 is 0. The van der Waals surface area contributed by atoms with Crippen LogP contribution in [0.25, 0.3) is 0 Å². The van der Waals surface area contributed by atoms with Crippen molar-refractivity contribution in [3.63, 3.8) is 0 Å². The van der Waals surface area contributed by atoms with Crippen molar-refractivity contribution in [2.45, 2.75) is 19.9 Å². The lowest BCUT2D eigenvalue weighted by Gasteiger charge is -2.34. The largest absolute Gasteiger partial charge is 0.379 e. The first kappa shape index (κ1) is 15.8. The minimum absolute atomic E-state index is 0.245. The summed E-state index contributed by atoms with van der Waals surface area (Å²) in [5.74, 6) is 0.854. The van der Waals surface area contributed by atoms with Crippen LogP contribution in [0.2, 0.25) is 0 Å². The normalized spacial score (nSPS) is 17.0. The summed E-state index contributed by atoms with van der Waals surface area (Å²) in [7, 11) is 0. The molecular formula is C17H23N5O. The number of ether oxygens (including phenoxy) is 1. The Bertz CT molecular complexity index is 628. The third-order valence-electron chi connectivity index (χ3n) is 4.09. The highest BCUT2D eigenvalue weighted by Gasteiger charge is 2.23. The minimum Gasteiger partial charge on any atom is -0.379 e. The highest BCUT2D eigenvalue weighted by atomic mass is 16.5. The maximum absolute atomic E-state index is 5.48. The lowest BCUT2D eigenvalue weighted by molar-refractivity contribution is 0.0186. The van der Waals surface area contributed by atoms with E-state index < -0.39 is 0 Å². The van der Waals surface area contributed by atoms with E-state index in [-0.39, 0.29) is 6.04 Å². The Labute approximate surface area is 136 Å². The third kappa shape index (κ3) is 4.03. The highest BCUT2D eigenvalue weighted by Crippen LogP contribution is 2.22. The topological polar surface area (TPSA) is 63.2 Å². The van der Waals surface area contributed by atoms with E-state index in [0.29, 0.717) is 0 Å². The van der Waals surface area contributed by atoms with Gasteiger partial charge in [0.25, 0.3) is 0 Å². The van der Waals surface area contributed by atoms with Gasteiger partial charge in [-0.1, -0.05) is 6.07 Å². The van der Waals surface area contributed by atoms with Gasteiger partial charge in [-0.15, -0.1) is 0 Å². The van der Waals surface area contributed by atoms with Crippen LogP contribution >= 0.6 is 0 Å². The van der Waals surface area contributed by atoms with E-state index in [2.05, 4.69) is 31.2 Å². The number of hydrogen-bond acceptors (Lipinski definition) is 6. The number of nitrogens with zero attached hydrogens (tertiary/aromatic N) is 4. The summed E-state index contributed by atoms with van der Waals surface area (Å²) < 4.78 is 5.48. The van der Waals surface area contributed by atoms with E-state index in [0.717, 1.165) is 50.1 Å². The third-order valence-corrected chi connectivity index (χ3v) is 4.09. The predicted octanol–water partition coefficient (Wildman–Crippen LogP) is 1.97. The number of aromatic nitrogens is 3. The molecule has 2 aromatic heterocycles. The Morgan fingerprint density at radius 2 is 2.09 bits per heavy atom. The van der Waals surface area contributed by atoms with Crippen LogP contribution in [-0.2, 0) is 4.74 Å². The number of anilines is 1. The molecule has 3 heterocycles. The molecule has 6 heteroatoms. The summed E-state index contributed by atoms with van der Waals surface area (Å²) in [5, 5.41) is 3.47. The fourth-order valence-corrected chi connectivity index (χ4v) is 2.82. The number of aryl methyl sites for hydroxylation is 2. The molecule has 3 rings (SSSR count). The lowest BCUT2D eigenvalue weighted by Crippen LogP contribution is -2.41. The highest BCUT2D eigenvalue weighted by molar-refractivity contribution is 5.40. The molecule has 1 unspecified atom stereocenters. The standard InChI is InChI=1S/C17H23N5O/c1-13-10-19-14(2)17(21-13)20-12-16(15-4-3-5-18-11-15)22-6-8-23-9-7-22/h3-5,10-11,16H,6-9,12H2,1-2H3,(H,20,21). The molecule has 0 bridgehead atoms. The van der Waals surface area contributed by atoms with Gasteiger partial charge < -0.3 is 10.1 Å². The van der Waals surface area contributed by atoms with E-state index in [9.17, 15) is 0 Å². The average Bonchev–Trinajstić information content (AvgIpc) is 2.60. The van der Waals surface area contributed by atoms with Gasteiger partial charge in [0, 0.05) is 38.2 Å². The summed E-state index contributed by atoms with van der Waals surface area (Å²) in [6.45, 7) is 8.12. The molecule has 0 aliphatic carbocycles. The number of rotatable bonds is 5. The van der Waals surface area contributed by atoms with Crippen molar-refractivity contribution in [3.05, 3.63) is 47.7 Å². The molecule has 1 saturated heterocycles. The second-order valence-electron chi connectivity index (χ2n) is 5.78. The molecule has 0 saturated carbocycles. The molecule has 122 valence electrons. The number of morpholine rings is 1. The second-order valence-corrected chi connectivity index (χ2v) is 5.78. The zero-order chi connectivity index (χ0) is 16.1. The first-order valence-electron chi connectivity index (χ1n) is 8.00. The fourth-order valence-electron chi connectivity index (χ4n) is 2.82. The lowest BCUT2D eigenvalue weighted by atomic mass is 10.1. The van der Waals surface area contributed by atoms with Gasteiger partial charge in [0.1, 0.15) is 5.82 Å². The first-order valence-corrected chi connectivity index (χ1v) is 8.00. The van der Waals surface area contributed by atoms with Gasteiger partial charge in [0.05, 0.1) is 30.6 Å².